The number of methoxy groups -OCH3 is 1. The van der Waals surface area contributed by atoms with Crippen molar-refractivity contribution < 1.29 is 17.9 Å². The highest BCUT2D eigenvalue weighted by Gasteiger charge is 2.25. The molecule has 1 amide bonds. The summed E-state index contributed by atoms with van der Waals surface area (Å²) in [7, 11) is 0.243. The van der Waals surface area contributed by atoms with Crippen molar-refractivity contribution in [3.8, 4) is 5.75 Å². The Morgan fingerprint density at radius 1 is 1.03 bits per heavy atom. The number of carbonyl (C=O) groups is 1. The Balaban J connectivity index is 1.59. The lowest BCUT2D eigenvalue weighted by Gasteiger charge is -2.31. The largest absolute Gasteiger partial charge is 0.497 e. The fourth-order valence-electron chi connectivity index (χ4n) is 3.38. The number of carbonyl (C=O) groups excluding carboxylic acids is 1. The third-order valence-corrected chi connectivity index (χ3v) is 7.23. The summed E-state index contributed by atoms with van der Waals surface area (Å²) in [4.78, 5) is 14.7. The number of nitrogens with zero attached hydrogens (tertiary/aromatic N) is 2. The second-order valence-corrected chi connectivity index (χ2v) is 9.59. The summed E-state index contributed by atoms with van der Waals surface area (Å²) >= 11 is 0. The molecule has 1 heterocycles. The number of benzene rings is 2. The number of nitrogens with one attached hydrogen (secondary N) is 1. The number of sulfonamides is 1. The van der Waals surface area contributed by atoms with Gasteiger partial charge >= 0.3 is 0 Å². The molecular weight excluding hydrogens is 402 g/mol. The lowest BCUT2D eigenvalue weighted by Crippen LogP contribution is -2.47. The van der Waals surface area contributed by atoms with E-state index in [1.165, 1.54) is 0 Å². The molecule has 1 aliphatic heterocycles. The smallest absolute Gasteiger partial charge is 0.251 e. The lowest BCUT2D eigenvalue weighted by molar-refractivity contribution is 0.0940. The summed E-state index contributed by atoms with van der Waals surface area (Å²) in [5.41, 5.74) is 2.14. The molecular formula is C22H29N3O4S. The first-order valence-corrected chi connectivity index (χ1v) is 11.6. The van der Waals surface area contributed by atoms with Crippen molar-refractivity contribution in [2.75, 3.05) is 40.3 Å². The zero-order valence-electron chi connectivity index (χ0n) is 17.7. The Hall–Kier alpha value is -2.42. The highest BCUT2D eigenvalue weighted by Crippen LogP contribution is 2.18. The molecule has 3 rings (SSSR count). The van der Waals surface area contributed by atoms with E-state index in [4.69, 9.17) is 4.74 Å². The number of ether oxygens (including phenoxy) is 1. The molecule has 2 aromatic rings. The molecule has 1 fully saturated rings. The fraction of sp³-hybridized carbons (Fsp3) is 0.409. The first kappa shape index (κ1) is 22.3. The number of amides is 1. The van der Waals surface area contributed by atoms with Crippen LogP contribution in [0, 0.1) is 0 Å². The van der Waals surface area contributed by atoms with Crippen LogP contribution in [-0.2, 0) is 15.8 Å². The quantitative estimate of drug-likeness (QED) is 0.728. The maximum atomic E-state index is 12.6. The highest BCUT2D eigenvalue weighted by atomic mass is 32.2. The number of rotatable bonds is 7. The highest BCUT2D eigenvalue weighted by molar-refractivity contribution is 7.88. The SMILES string of the molecule is COc1ccc([C@H](C)NC(=O)c2ccc(CS(=O)(=O)N3CCN(C)CC3)cc2)cc1. The van der Waals surface area contributed by atoms with Gasteiger partial charge < -0.3 is 15.0 Å². The Morgan fingerprint density at radius 2 is 1.63 bits per heavy atom. The van der Waals surface area contributed by atoms with Crippen LogP contribution in [0.2, 0.25) is 0 Å². The molecule has 0 aromatic heterocycles. The number of hydrogen-bond donors (Lipinski definition) is 1. The van der Waals surface area contributed by atoms with Gasteiger partial charge in [-0.3, -0.25) is 4.79 Å². The predicted molar refractivity (Wildman–Crippen MR) is 117 cm³/mol. The number of likely N-dealkylation sites (N-methyl/N-ethyl adjacent to an activating group) is 1. The van der Waals surface area contributed by atoms with E-state index in [9.17, 15) is 13.2 Å². The van der Waals surface area contributed by atoms with Crippen molar-refractivity contribution in [1.82, 2.24) is 14.5 Å². The van der Waals surface area contributed by atoms with Gasteiger partial charge in [0.15, 0.2) is 0 Å². The molecule has 7 nitrogen and oxygen atoms in total. The molecule has 1 aliphatic rings. The zero-order chi connectivity index (χ0) is 21.7. The van der Waals surface area contributed by atoms with Crippen LogP contribution in [0.5, 0.6) is 5.75 Å². The van der Waals surface area contributed by atoms with Crippen LogP contribution < -0.4 is 10.1 Å². The van der Waals surface area contributed by atoms with Crippen molar-refractivity contribution >= 4 is 15.9 Å². The van der Waals surface area contributed by atoms with E-state index in [0.29, 0.717) is 24.2 Å². The summed E-state index contributed by atoms with van der Waals surface area (Å²) in [6.45, 7) is 4.43. The molecule has 30 heavy (non-hydrogen) atoms. The van der Waals surface area contributed by atoms with Crippen LogP contribution in [0.1, 0.15) is 34.5 Å². The van der Waals surface area contributed by atoms with Gasteiger partial charge in [0.1, 0.15) is 5.75 Å². The molecule has 1 N–H and O–H groups in total. The predicted octanol–water partition coefficient (Wildman–Crippen LogP) is 2.26. The minimum atomic E-state index is -3.36. The third-order valence-electron chi connectivity index (χ3n) is 5.38. The Kier molecular flexibility index (Phi) is 7.12. The maximum absolute atomic E-state index is 12.6. The standard InChI is InChI=1S/C22H29N3O4S/c1-17(19-8-10-21(29-3)11-9-19)23-22(26)20-6-4-18(5-7-20)16-30(27,28)25-14-12-24(2)13-15-25/h4-11,17H,12-16H2,1-3H3,(H,23,26)/t17-/m0/s1. The normalized spacial score (nSPS) is 16.8. The molecule has 162 valence electrons. The molecule has 0 aliphatic carbocycles. The van der Waals surface area contributed by atoms with E-state index in [1.54, 1.807) is 35.7 Å². The van der Waals surface area contributed by atoms with E-state index >= 15 is 0 Å². The van der Waals surface area contributed by atoms with E-state index in [0.717, 1.165) is 24.4 Å². The molecule has 0 saturated carbocycles. The van der Waals surface area contributed by atoms with Crippen molar-refractivity contribution in [3.05, 3.63) is 65.2 Å². The minimum Gasteiger partial charge on any atom is -0.497 e. The van der Waals surface area contributed by atoms with Crippen LogP contribution in [0.15, 0.2) is 48.5 Å². The molecule has 2 aromatic carbocycles. The summed E-state index contributed by atoms with van der Waals surface area (Å²) in [6.07, 6.45) is 0. The number of piperazine rings is 1. The van der Waals surface area contributed by atoms with Crippen molar-refractivity contribution in [3.63, 3.8) is 0 Å². The van der Waals surface area contributed by atoms with E-state index in [1.807, 2.05) is 38.2 Å². The van der Waals surface area contributed by atoms with Gasteiger partial charge in [-0.25, -0.2) is 8.42 Å². The third kappa shape index (κ3) is 5.59. The van der Waals surface area contributed by atoms with Gasteiger partial charge in [-0.1, -0.05) is 24.3 Å². The second kappa shape index (κ2) is 9.59. The summed E-state index contributed by atoms with van der Waals surface area (Å²) in [6, 6.07) is 14.1. The monoisotopic (exact) mass is 431 g/mol. The molecule has 0 bridgehead atoms. The van der Waals surface area contributed by atoms with Crippen molar-refractivity contribution in [2.24, 2.45) is 0 Å². The zero-order valence-corrected chi connectivity index (χ0v) is 18.5. The second-order valence-electron chi connectivity index (χ2n) is 7.62. The lowest BCUT2D eigenvalue weighted by atomic mass is 10.1. The average molecular weight is 432 g/mol. The minimum absolute atomic E-state index is 0.0547. The van der Waals surface area contributed by atoms with Gasteiger partial charge in [0.25, 0.3) is 5.91 Å². The maximum Gasteiger partial charge on any atom is 0.251 e. The average Bonchev–Trinajstić information content (AvgIpc) is 2.74. The molecule has 0 unspecified atom stereocenters. The van der Waals surface area contributed by atoms with Crippen molar-refractivity contribution in [2.45, 2.75) is 18.7 Å². The van der Waals surface area contributed by atoms with Gasteiger partial charge in [0, 0.05) is 31.7 Å². The molecule has 0 spiro atoms. The van der Waals surface area contributed by atoms with Crippen LogP contribution >= 0.6 is 0 Å². The van der Waals surface area contributed by atoms with E-state index < -0.39 is 10.0 Å². The topological polar surface area (TPSA) is 78.9 Å². The molecule has 0 radical (unpaired) electrons. The van der Waals surface area contributed by atoms with E-state index in [2.05, 4.69) is 10.2 Å². The van der Waals surface area contributed by atoms with Gasteiger partial charge in [0.05, 0.1) is 18.9 Å². The summed E-state index contributed by atoms with van der Waals surface area (Å²) in [5.74, 6) is 0.507. The summed E-state index contributed by atoms with van der Waals surface area (Å²) in [5, 5.41) is 2.96. The van der Waals surface area contributed by atoms with Gasteiger partial charge in [-0.05, 0) is 49.4 Å². The molecule has 1 atom stereocenters. The Morgan fingerprint density at radius 3 is 2.20 bits per heavy atom. The van der Waals surface area contributed by atoms with Crippen LogP contribution in [0.3, 0.4) is 0 Å². The Bertz CT molecular complexity index is 951. The first-order chi connectivity index (χ1) is 14.3. The van der Waals surface area contributed by atoms with Crippen LogP contribution in [0.4, 0.5) is 0 Å². The number of hydrogen-bond acceptors (Lipinski definition) is 5. The van der Waals surface area contributed by atoms with Gasteiger partial charge in [-0.15, -0.1) is 0 Å². The van der Waals surface area contributed by atoms with Crippen LogP contribution in [0.25, 0.3) is 0 Å². The fourth-order valence-corrected chi connectivity index (χ4v) is 4.89. The summed E-state index contributed by atoms with van der Waals surface area (Å²) < 4.78 is 32.0. The van der Waals surface area contributed by atoms with Crippen LogP contribution in [-0.4, -0.2) is 63.9 Å². The van der Waals surface area contributed by atoms with E-state index in [-0.39, 0.29) is 17.7 Å². The van der Waals surface area contributed by atoms with Gasteiger partial charge in [-0.2, -0.15) is 4.31 Å². The molecule has 1 saturated heterocycles. The van der Waals surface area contributed by atoms with Gasteiger partial charge in [0.2, 0.25) is 10.0 Å². The van der Waals surface area contributed by atoms with Crippen molar-refractivity contribution in [1.29, 1.82) is 0 Å². The Labute approximate surface area is 178 Å². The first-order valence-electron chi connectivity index (χ1n) is 9.98. The molecule has 8 heteroatoms.